The van der Waals surface area contributed by atoms with Crippen LogP contribution >= 0.6 is 39.1 Å². The zero-order valence-electron chi connectivity index (χ0n) is 10.7. The molecule has 21 heavy (non-hydrogen) atoms. The molecule has 1 heterocycles. The van der Waals surface area contributed by atoms with Gasteiger partial charge in [0.15, 0.2) is 0 Å². The van der Waals surface area contributed by atoms with E-state index in [4.69, 9.17) is 23.2 Å². The van der Waals surface area contributed by atoms with Crippen molar-refractivity contribution in [3.8, 4) is 0 Å². The highest BCUT2D eigenvalue weighted by atomic mass is 79.9. The summed E-state index contributed by atoms with van der Waals surface area (Å²) >= 11 is 15.1. The van der Waals surface area contributed by atoms with Crippen LogP contribution in [0.15, 0.2) is 45.9 Å². The van der Waals surface area contributed by atoms with Gasteiger partial charge in [-0.15, -0.1) is 0 Å². The van der Waals surface area contributed by atoms with Gasteiger partial charge in [0.25, 0.3) is 0 Å². The second-order valence-corrected chi connectivity index (χ2v) is 7.60. The van der Waals surface area contributed by atoms with Crippen LogP contribution in [0, 0.1) is 0 Å². The minimum atomic E-state index is -3.77. The van der Waals surface area contributed by atoms with Crippen molar-refractivity contribution in [2.24, 2.45) is 0 Å². The van der Waals surface area contributed by atoms with E-state index in [-0.39, 0.29) is 21.5 Å². The molecule has 2 aromatic rings. The van der Waals surface area contributed by atoms with Crippen LogP contribution in [0.3, 0.4) is 0 Å². The van der Waals surface area contributed by atoms with Gasteiger partial charge in [-0.2, -0.15) is 0 Å². The third-order valence-electron chi connectivity index (χ3n) is 2.63. The molecule has 1 aromatic carbocycles. The molecule has 0 fully saturated rings. The monoisotopic (exact) mass is 408 g/mol. The van der Waals surface area contributed by atoms with E-state index in [9.17, 15) is 8.42 Å². The fourth-order valence-corrected chi connectivity index (χ4v) is 4.68. The first kappa shape index (κ1) is 16.7. The van der Waals surface area contributed by atoms with Gasteiger partial charge < -0.3 is 0 Å². The van der Waals surface area contributed by atoms with E-state index in [1.165, 1.54) is 12.1 Å². The van der Waals surface area contributed by atoms with Gasteiger partial charge in [0, 0.05) is 29.3 Å². The summed E-state index contributed by atoms with van der Waals surface area (Å²) in [5.74, 6) is 0. The summed E-state index contributed by atoms with van der Waals surface area (Å²) in [6.07, 6.45) is 2.14. The number of hydrogen-bond acceptors (Lipinski definition) is 3. The van der Waals surface area contributed by atoms with Gasteiger partial charge in [-0.1, -0.05) is 45.2 Å². The van der Waals surface area contributed by atoms with Crippen LogP contribution in [-0.2, 0) is 16.4 Å². The smallest absolute Gasteiger partial charge is 0.243 e. The van der Waals surface area contributed by atoms with Crippen LogP contribution in [-0.4, -0.2) is 19.9 Å². The minimum absolute atomic E-state index is 0.0692. The van der Waals surface area contributed by atoms with E-state index >= 15 is 0 Å². The second-order valence-electron chi connectivity index (χ2n) is 4.17. The van der Waals surface area contributed by atoms with Crippen molar-refractivity contribution in [2.45, 2.75) is 11.3 Å². The van der Waals surface area contributed by atoms with Crippen LogP contribution in [0.25, 0.3) is 0 Å². The maximum absolute atomic E-state index is 12.3. The zero-order valence-corrected chi connectivity index (χ0v) is 14.6. The first-order valence-electron chi connectivity index (χ1n) is 5.94. The summed E-state index contributed by atoms with van der Waals surface area (Å²) in [5, 5.41) is 0.138. The van der Waals surface area contributed by atoms with E-state index in [1.54, 1.807) is 12.3 Å². The number of aromatic nitrogens is 1. The lowest BCUT2D eigenvalue weighted by Crippen LogP contribution is -2.26. The molecule has 0 radical (unpaired) electrons. The van der Waals surface area contributed by atoms with E-state index in [0.29, 0.717) is 10.9 Å². The zero-order chi connectivity index (χ0) is 15.5. The Bertz CT molecular complexity index is 716. The van der Waals surface area contributed by atoms with Gasteiger partial charge in [0.2, 0.25) is 10.0 Å². The number of nitrogens with one attached hydrogen (secondary N) is 1. The molecule has 0 saturated heterocycles. The standard InChI is InChI=1S/C13H11BrCl2N2O2S/c14-9-7-11(15)13(12(16)8-9)21(19,20)18-6-4-10-3-1-2-5-17-10/h1-3,5,7-8,18H,4,6H2. The van der Waals surface area contributed by atoms with Gasteiger partial charge in [-0.25, -0.2) is 13.1 Å². The lowest BCUT2D eigenvalue weighted by molar-refractivity contribution is 0.581. The van der Waals surface area contributed by atoms with Crippen molar-refractivity contribution in [1.29, 1.82) is 0 Å². The van der Waals surface area contributed by atoms with Crippen LogP contribution in [0.1, 0.15) is 5.69 Å². The molecular formula is C13H11BrCl2N2O2S. The van der Waals surface area contributed by atoms with E-state index in [1.807, 2.05) is 12.1 Å². The average molecular weight is 410 g/mol. The predicted molar refractivity (Wildman–Crippen MR) is 87.3 cm³/mol. The van der Waals surface area contributed by atoms with Gasteiger partial charge in [-0.05, 0) is 24.3 Å². The number of hydrogen-bond donors (Lipinski definition) is 1. The van der Waals surface area contributed by atoms with Crippen molar-refractivity contribution >= 4 is 49.2 Å². The fourth-order valence-electron chi connectivity index (χ4n) is 1.72. The second kappa shape index (κ2) is 7.07. The molecule has 0 amide bonds. The molecule has 2 rings (SSSR count). The topological polar surface area (TPSA) is 59.1 Å². The molecule has 0 bridgehead atoms. The Kier molecular flexibility index (Phi) is 5.62. The highest BCUT2D eigenvalue weighted by molar-refractivity contribution is 9.10. The minimum Gasteiger partial charge on any atom is -0.261 e. The van der Waals surface area contributed by atoms with Crippen molar-refractivity contribution in [3.05, 3.63) is 56.7 Å². The molecule has 1 N–H and O–H groups in total. The Balaban J connectivity index is 2.12. The van der Waals surface area contributed by atoms with E-state index in [0.717, 1.165) is 5.69 Å². The fraction of sp³-hybridized carbons (Fsp3) is 0.154. The molecule has 0 unspecified atom stereocenters. The maximum Gasteiger partial charge on any atom is 0.243 e. The Labute approximate surface area is 141 Å². The molecular weight excluding hydrogens is 399 g/mol. The number of halogens is 3. The lowest BCUT2D eigenvalue weighted by Gasteiger charge is -2.10. The summed E-state index contributed by atoms with van der Waals surface area (Å²) in [6, 6.07) is 8.45. The number of benzene rings is 1. The molecule has 0 aliphatic carbocycles. The Morgan fingerprint density at radius 2 is 1.86 bits per heavy atom. The molecule has 0 saturated carbocycles. The normalized spacial score (nSPS) is 11.6. The summed E-state index contributed by atoms with van der Waals surface area (Å²) in [4.78, 5) is 4.01. The van der Waals surface area contributed by atoms with Gasteiger partial charge in [0.1, 0.15) is 4.90 Å². The van der Waals surface area contributed by atoms with Crippen LogP contribution in [0.5, 0.6) is 0 Å². The quantitative estimate of drug-likeness (QED) is 0.819. The van der Waals surface area contributed by atoms with Gasteiger partial charge in [-0.3, -0.25) is 4.98 Å². The van der Waals surface area contributed by atoms with Crippen molar-refractivity contribution in [2.75, 3.05) is 6.54 Å². The number of sulfonamides is 1. The molecule has 0 aliphatic rings. The predicted octanol–water partition coefficient (Wildman–Crippen LogP) is 3.67. The number of nitrogens with zero attached hydrogens (tertiary/aromatic N) is 1. The van der Waals surface area contributed by atoms with Gasteiger partial charge >= 0.3 is 0 Å². The van der Waals surface area contributed by atoms with Crippen molar-refractivity contribution in [3.63, 3.8) is 0 Å². The summed E-state index contributed by atoms with van der Waals surface area (Å²) in [7, 11) is -3.77. The summed E-state index contributed by atoms with van der Waals surface area (Å²) in [5.41, 5.74) is 0.799. The third kappa shape index (κ3) is 4.40. The number of pyridine rings is 1. The maximum atomic E-state index is 12.3. The highest BCUT2D eigenvalue weighted by Gasteiger charge is 2.21. The molecule has 0 aliphatic heterocycles. The van der Waals surface area contributed by atoms with Crippen LogP contribution < -0.4 is 4.72 Å². The Morgan fingerprint density at radius 3 is 2.43 bits per heavy atom. The first-order valence-corrected chi connectivity index (χ1v) is 8.97. The molecule has 1 aromatic heterocycles. The van der Waals surface area contributed by atoms with Crippen molar-refractivity contribution < 1.29 is 8.42 Å². The summed E-state index contributed by atoms with van der Waals surface area (Å²) < 4.78 is 27.6. The van der Waals surface area contributed by atoms with Gasteiger partial charge in [0.05, 0.1) is 10.0 Å². The molecule has 8 heteroatoms. The molecule has 112 valence electrons. The average Bonchev–Trinajstić information content (AvgIpc) is 2.38. The SMILES string of the molecule is O=S(=O)(NCCc1ccccn1)c1c(Cl)cc(Br)cc1Cl. The van der Waals surface area contributed by atoms with Crippen LogP contribution in [0.2, 0.25) is 10.0 Å². The van der Waals surface area contributed by atoms with Crippen LogP contribution in [0.4, 0.5) is 0 Å². The molecule has 0 atom stereocenters. The third-order valence-corrected chi connectivity index (χ3v) is 5.47. The van der Waals surface area contributed by atoms with Crippen molar-refractivity contribution in [1.82, 2.24) is 9.71 Å². The van der Waals surface area contributed by atoms with E-state index < -0.39 is 10.0 Å². The first-order chi connectivity index (χ1) is 9.90. The molecule has 0 spiro atoms. The van der Waals surface area contributed by atoms with E-state index in [2.05, 4.69) is 25.6 Å². The largest absolute Gasteiger partial charge is 0.261 e. The number of rotatable bonds is 5. The lowest BCUT2D eigenvalue weighted by atomic mass is 10.3. The Hall–Kier alpha value is -0.660. The Morgan fingerprint density at radius 1 is 1.19 bits per heavy atom. The molecule has 4 nitrogen and oxygen atoms in total. The summed E-state index contributed by atoms with van der Waals surface area (Å²) in [6.45, 7) is 0.210. The highest BCUT2D eigenvalue weighted by Crippen LogP contribution is 2.32.